The molecule has 0 atom stereocenters. The summed E-state index contributed by atoms with van der Waals surface area (Å²) in [7, 11) is 0. The zero-order chi connectivity index (χ0) is 23.3. The minimum Gasteiger partial charge on any atom is -0.494 e. The number of anilines is 1. The van der Waals surface area contributed by atoms with Gasteiger partial charge in [0, 0.05) is 31.5 Å². The van der Waals surface area contributed by atoms with E-state index in [0.717, 1.165) is 43.2 Å². The minimum absolute atomic E-state index is 0.241. The molecule has 0 aliphatic carbocycles. The van der Waals surface area contributed by atoms with Crippen LogP contribution in [0.4, 0.5) is 5.69 Å². The van der Waals surface area contributed by atoms with Gasteiger partial charge in [-0.1, -0.05) is 32.6 Å². The molecule has 2 N–H and O–H groups in total. The van der Waals surface area contributed by atoms with Crippen molar-refractivity contribution in [2.24, 2.45) is 0 Å². The largest absolute Gasteiger partial charge is 0.494 e. The smallest absolute Gasteiger partial charge is 0.259 e. The number of carbonyl (C=O) groups excluding carboxylic acids is 1. The summed E-state index contributed by atoms with van der Waals surface area (Å²) in [4.78, 5) is 19.5. The van der Waals surface area contributed by atoms with Gasteiger partial charge in [0.2, 0.25) is 0 Å². The number of amides is 1. The zero-order valence-electron chi connectivity index (χ0n) is 19.3. The summed E-state index contributed by atoms with van der Waals surface area (Å²) in [5.74, 6) is 0.556. The molecule has 1 aromatic carbocycles. The highest BCUT2D eigenvalue weighted by Crippen LogP contribution is 2.17. The van der Waals surface area contributed by atoms with Gasteiger partial charge in [-0.05, 0) is 55.0 Å². The summed E-state index contributed by atoms with van der Waals surface area (Å²) in [6.07, 6.45) is 7.77. The van der Waals surface area contributed by atoms with Crippen molar-refractivity contribution in [3.63, 3.8) is 0 Å². The molecule has 33 heavy (non-hydrogen) atoms. The van der Waals surface area contributed by atoms with Crippen LogP contribution in [0.15, 0.2) is 42.6 Å². The van der Waals surface area contributed by atoms with Gasteiger partial charge in [-0.25, -0.2) is 0 Å². The van der Waals surface area contributed by atoms with Crippen molar-refractivity contribution in [2.75, 3.05) is 38.2 Å². The third kappa shape index (κ3) is 8.72. The first-order valence-corrected chi connectivity index (χ1v) is 12.2. The summed E-state index contributed by atoms with van der Waals surface area (Å²) in [6.45, 7) is 6.60. The number of hydrogen-bond donors (Lipinski definition) is 2. The van der Waals surface area contributed by atoms with Crippen LogP contribution in [-0.4, -0.2) is 53.8 Å². The van der Waals surface area contributed by atoms with Crippen LogP contribution < -0.4 is 15.4 Å². The number of unbranched alkanes of at least 4 members (excludes halogenated alkanes) is 4. The molecule has 0 unspecified atom stereocenters. The van der Waals surface area contributed by atoms with Crippen LogP contribution in [0.25, 0.3) is 0 Å². The van der Waals surface area contributed by atoms with E-state index in [4.69, 9.17) is 21.7 Å². The monoisotopic (exact) mass is 470 g/mol. The molecule has 1 aliphatic heterocycles. The molecule has 2 aromatic rings. The van der Waals surface area contributed by atoms with E-state index in [1.807, 2.05) is 24.3 Å². The number of pyridine rings is 1. The number of morpholine rings is 1. The van der Waals surface area contributed by atoms with Crippen LogP contribution in [0.1, 0.15) is 55.1 Å². The summed E-state index contributed by atoms with van der Waals surface area (Å²) >= 11 is 5.35. The van der Waals surface area contributed by atoms with Gasteiger partial charge in [0.05, 0.1) is 31.1 Å². The molecule has 0 radical (unpaired) electrons. The summed E-state index contributed by atoms with van der Waals surface area (Å²) in [5, 5.41) is 6.06. The lowest BCUT2D eigenvalue weighted by Crippen LogP contribution is -2.38. The average Bonchev–Trinajstić information content (AvgIpc) is 2.83. The van der Waals surface area contributed by atoms with E-state index in [-0.39, 0.29) is 11.0 Å². The molecule has 1 aromatic heterocycles. The third-order valence-corrected chi connectivity index (χ3v) is 5.67. The van der Waals surface area contributed by atoms with Crippen molar-refractivity contribution < 1.29 is 14.3 Å². The van der Waals surface area contributed by atoms with Crippen molar-refractivity contribution in [2.45, 2.75) is 45.6 Å². The predicted octanol–water partition coefficient (Wildman–Crippen LogP) is 4.39. The van der Waals surface area contributed by atoms with Gasteiger partial charge in [0.15, 0.2) is 5.11 Å². The normalized spacial score (nSPS) is 14.0. The van der Waals surface area contributed by atoms with E-state index in [0.29, 0.717) is 25.3 Å². The number of rotatable bonds is 11. The van der Waals surface area contributed by atoms with Crippen molar-refractivity contribution in [3.8, 4) is 5.75 Å². The highest BCUT2D eigenvalue weighted by molar-refractivity contribution is 7.80. The van der Waals surface area contributed by atoms with Gasteiger partial charge < -0.3 is 14.8 Å². The summed E-state index contributed by atoms with van der Waals surface area (Å²) < 4.78 is 11.2. The zero-order valence-corrected chi connectivity index (χ0v) is 20.2. The van der Waals surface area contributed by atoms with Gasteiger partial charge in [0.1, 0.15) is 5.75 Å². The number of carbonyl (C=O) groups is 1. The first-order valence-electron chi connectivity index (χ1n) is 11.7. The fraction of sp³-hybridized carbons (Fsp3) is 0.480. The number of ether oxygens (including phenoxy) is 2. The van der Waals surface area contributed by atoms with Crippen LogP contribution in [0.5, 0.6) is 5.75 Å². The number of hydrogen-bond acceptors (Lipinski definition) is 6. The second kappa shape index (κ2) is 13.9. The molecule has 1 saturated heterocycles. The van der Waals surface area contributed by atoms with Gasteiger partial charge in [-0.3, -0.25) is 20.0 Å². The average molecular weight is 471 g/mol. The quantitative estimate of drug-likeness (QED) is 0.373. The van der Waals surface area contributed by atoms with Gasteiger partial charge in [0.25, 0.3) is 5.91 Å². The fourth-order valence-electron chi connectivity index (χ4n) is 3.60. The van der Waals surface area contributed by atoms with E-state index in [9.17, 15) is 4.79 Å². The first-order chi connectivity index (χ1) is 16.2. The van der Waals surface area contributed by atoms with Crippen molar-refractivity contribution in [1.29, 1.82) is 0 Å². The second-order valence-corrected chi connectivity index (χ2v) is 8.49. The number of thiocarbonyl (C=S) groups is 1. The van der Waals surface area contributed by atoms with E-state index in [1.54, 1.807) is 18.3 Å². The summed E-state index contributed by atoms with van der Waals surface area (Å²) in [6, 6.07) is 11.1. The van der Waals surface area contributed by atoms with Crippen molar-refractivity contribution >= 4 is 28.9 Å². The maximum atomic E-state index is 12.8. The Hall–Kier alpha value is -2.55. The Kier molecular flexibility index (Phi) is 10.5. The maximum Gasteiger partial charge on any atom is 0.259 e. The molecule has 0 spiro atoms. The molecule has 178 valence electrons. The highest BCUT2D eigenvalue weighted by atomic mass is 32.1. The molecule has 1 fully saturated rings. The molecule has 8 heteroatoms. The van der Waals surface area contributed by atoms with Gasteiger partial charge in [-0.15, -0.1) is 0 Å². The third-order valence-electron chi connectivity index (χ3n) is 5.47. The Morgan fingerprint density at radius 1 is 1.12 bits per heavy atom. The Bertz CT molecular complexity index is 885. The van der Waals surface area contributed by atoms with Crippen LogP contribution in [0.3, 0.4) is 0 Å². The number of nitrogens with zero attached hydrogens (tertiary/aromatic N) is 2. The molecule has 1 amide bonds. The Morgan fingerprint density at radius 2 is 1.88 bits per heavy atom. The lowest BCUT2D eigenvalue weighted by atomic mass is 10.1. The minimum atomic E-state index is -0.271. The second-order valence-electron chi connectivity index (χ2n) is 8.08. The molecule has 7 nitrogen and oxygen atoms in total. The van der Waals surface area contributed by atoms with Crippen LogP contribution in [0.2, 0.25) is 0 Å². The Balaban J connectivity index is 1.46. The summed E-state index contributed by atoms with van der Waals surface area (Å²) in [5.41, 5.74) is 2.04. The number of nitrogens with one attached hydrogen (secondary N) is 2. The topological polar surface area (TPSA) is 75.7 Å². The number of benzene rings is 1. The Labute approximate surface area is 201 Å². The Morgan fingerprint density at radius 3 is 2.64 bits per heavy atom. The fourth-order valence-corrected chi connectivity index (χ4v) is 3.82. The van der Waals surface area contributed by atoms with E-state index in [2.05, 4.69) is 27.4 Å². The van der Waals surface area contributed by atoms with Gasteiger partial charge >= 0.3 is 0 Å². The standard InChI is InChI=1S/C25H34N4O3S/c1-2-3-4-5-6-16-32-21-11-9-20(10-12-21)27-25(33)28-24(30)22-8-7-13-26-23(22)19-29-14-17-31-18-15-29/h7-13H,2-6,14-19H2,1H3,(H2,27,28,30,33). The van der Waals surface area contributed by atoms with Crippen molar-refractivity contribution in [3.05, 3.63) is 53.9 Å². The molecule has 1 aliphatic rings. The molecular formula is C25H34N4O3S. The molecule has 2 heterocycles. The van der Waals surface area contributed by atoms with E-state index < -0.39 is 0 Å². The van der Waals surface area contributed by atoms with E-state index >= 15 is 0 Å². The molecular weight excluding hydrogens is 436 g/mol. The predicted molar refractivity (Wildman–Crippen MR) is 135 cm³/mol. The maximum absolute atomic E-state index is 12.8. The number of aromatic nitrogens is 1. The van der Waals surface area contributed by atoms with Crippen molar-refractivity contribution in [1.82, 2.24) is 15.2 Å². The van der Waals surface area contributed by atoms with E-state index in [1.165, 1.54) is 25.7 Å². The SMILES string of the molecule is CCCCCCCOc1ccc(NC(=S)NC(=O)c2cccnc2CN2CCOCC2)cc1. The lowest BCUT2D eigenvalue weighted by Gasteiger charge is -2.26. The molecule has 0 saturated carbocycles. The molecule has 3 rings (SSSR count). The lowest BCUT2D eigenvalue weighted by molar-refractivity contribution is 0.0335. The van der Waals surface area contributed by atoms with Gasteiger partial charge in [-0.2, -0.15) is 0 Å². The molecule has 0 bridgehead atoms. The highest BCUT2D eigenvalue weighted by Gasteiger charge is 2.18. The first kappa shape index (κ1) is 25.1. The van der Waals surface area contributed by atoms with Crippen LogP contribution in [0, 0.1) is 0 Å². The van der Waals surface area contributed by atoms with Crippen LogP contribution >= 0.6 is 12.2 Å². The van der Waals surface area contributed by atoms with Crippen LogP contribution in [-0.2, 0) is 11.3 Å².